The van der Waals surface area contributed by atoms with Crippen molar-refractivity contribution in [2.75, 3.05) is 6.61 Å². The molecule has 0 rings (SSSR count). The summed E-state index contributed by atoms with van der Waals surface area (Å²) in [5.41, 5.74) is 0. The molecule has 0 unspecified atom stereocenters. The van der Waals surface area contributed by atoms with Gasteiger partial charge < -0.3 is 30.3 Å². The number of hydrogen-bond donors (Lipinski definition) is 4. The Morgan fingerprint density at radius 3 is 2.00 bits per heavy atom. The summed E-state index contributed by atoms with van der Waals surface area (Å²) in [6.45, 7) is -0.828. The van der Waals surface area contributed by atoms with Gasteiger partial charge in [-0.25, -0.2) is 0 Å². The van der Waals surface area contributed by atoms with Crippen LogP contribution >= 0.6 is 0 Å². The summed E-state index contributed by atoms with van der Waals surface area (Å²) in [6, 6.07) is 0. The summed E-state index contributed by atoms with van der Waals surface area (Å²) >= 11 is 0. The molecule has 0 saturated heterocycles. The van der Waals surface area contributed by atoms with E-state index in [0.29, 0.717) is 0 Å². The maximum absolute atomic E-state index is 9.85. The average Bonchev–Trinajstić information content (AvgIpc) is 2.00. The van der Waals surface area contributed by atoms with E-state index >= 15 is 0 Å². The topological polar surface area (TPSA) is 121 Å². The Bertz CT molecular complexity index is 140. The summed E-state index contributed by atoms with van der Waals surface area (Å²) in [5, 5.41) is 43.8. The molecular formula is C5H9KO6. The van der Waals surface area contributed by atoms with E-state index in [1.54, 1.807) is 0 Å². The summed E-state index contributed by atoms with van der Waals surface area (Å²) in [7, 11) is 0. The van der Waals surface area contributed by atoms with E-state index in [9.17, 15) is 9.90 Å². The maximum atomic E-state index is 9.85. The van der Waals surface area contributed by atoms with Crippen LogP contribution in [-0.4, -0.2) is 51.3 Å². The number of aliphatic hydroxyl groups is 4. The first-order chi connectivity index (χ1) is 5.00. The maximum Gasteiger partial charge on any atom is 1.00 e. The fraction of sp³-hybridized carbons (Fsp3) is 0.800. The van der Waals surface area contributed by atoms with Crippen LogP contribution in [0.4, 0.5) is 0 Å². The summed E-state index contributed by atoms with van der Waals surface area (Å²) < 4.78 is 0. The number of carboxylic acid groups (broad SMARTS) is 1. The third-order valence-electron chi connectivity index (χ3n) is 1.15. The number of aliphatic carboxylic acids is 1. The van der Waals surface area contributed by atoms with Crippen molar-refractivity contribution in [3.8, 4) is 0 Å². The molecule has 0 aliphatic heterocycles. The molecular weight excluding hydrogens is 195 g/mol. The Morgan fingerprint density at radius 2 is 1.75 bits per heavy atom. The molecule has 6 nitrogen and oxygen atoms in total. The van der Waals surface area contributed by atoms with Gasteiger partial charge in [0.15, 0.2) is 0 Å². The SMILES string of the molecule is O=C([O-])[C@@H](O)[C@@H](O)[C@@H](O)CO.[K+]. The minimum atomic E-state index is -2.18. The standard InChI is InChI=1S/C5H10O6.K/c6-1-2(7)3(8)4(9)5(10)11;/h2-4,6-9H,1H2,(H,10,11);/q;+1/p-1/t2-,3-,4-;/m0./s1. The molecule has 0 aromatic rings. The monoisotopic (exact) mass is 204 g/mol. The largest absolute Gasteiger partial charge is 1.00 e. The first kappa shape index (κ1) is 15.4. The smallest absolute Gasteiger partial charge is 0.547 e. The predicted octanol–water partition coefficient (Wildman–Crippen LogP) is -7.18. The van der Waals surface area contributed by atoms with Gasteiger partial charge in [0.2, 0.25) is 0 Å². The van der Waals surface area contributed by atoms with Crippen molar-refractivity contribution < 1.29 is 81.7 Å². The molecule has 4 N–H and O–H groups in total. The Balaban J connectivity index is 0. The van der Waals surface area contributed by atoms with Crippen LogP contribution in [0.25, 0.3) is 0 Å². The van der Waals surface area contributed by atoms with Gasteiger partial charge >= 0.3 is 51.4 Å². The van der Waals surface area contributed by atoms with Crippen LogP contribution in [0.2, 0.25) is 0 Å². The molecule has 0 saturated carbocycles. The van der Waals surface area contributed by atoms with Gasteiger partial charge in [-0.1, -0.05) is 0 Å². The van der Waals surface area contributed by atoms with Crippen molar-refractivity contribution in [1.29, 1.82) is 0 Å². The number of carbonyl (C=O) groups excluding carboxylic acids is 1. The van der Waals surface area contributed by atoms with E-state index < -0.39 is 30.9 Å². The number of aliphatic hydroxyl groups excluding tert-OH is 4. The predicted molar refractivity (Wildman–Crippen MR) is 30.1 cm³/mol. The molecule has 0 fully saturated rings. The molecule has 0 aromatic carbocycles. The molecule has 0 bridgehead atoms. The number of carbonyl (C=O) groups is 1. The van der Waals surface area contributed by atoms with Crippen molar-refractivity contribution in [2.45, 2.75) is 18.3 Å². The Labute approximate surface area is 111 Å². The van der Waals surface area contributed by atoms with Crippen molar-refractivity contribution in [3.05, 3.63) is 0 Å². The summed E-state index contributed by atoms with van der Waals surface area (Å²) in [5.74, 6) is -1.90. The van der Waals surface area contributed by atoms with Crippen LogP contribution in [0, 0.1) is 0 Å². The van der Waals surface area contributed by atoms with Crippen LogP contribution in [-0.2, 0) is 4.79 Å². The zero-order chi connectivity index (χ0) is 9.02. The van der Waals surface area contributed by atoms with E-state index in [0.717, 1.165) is 0 Å². The van der Waals surface area contributed by atoms with Gasteiger partial charge in [0.05, 0.1) is 12.6 Å². The minimum Gasteiger partial charge on any atom is -0.547 e. The quantitative estimate of drug-likeness (QED) is 0.338. The van der Waals surface area contributed by atoms with E-state index in [4.69, 9.17) is 20.4 Å². The molecule has 66 valence electrons. The molecule has 3 atom stereocenters. The Morgan fingerprint density at radius 1 is 1.33 bits per heavy atom. The average molecular weight is 204 g/mol. The number of rotatable bonds is 4. The van der Waals surface area contributed by atoms with Crippen LogP contribution in [0.1, 0.15) is 0 Å². The van der Waals surface area contributed by atoms with E-state index in [1.807, 2.05) is 0 Å². The summed E-state index contributed by atoms with van der Waals surface area (Å²) in [4.78, 5) is 9.85. The van der Waals surface area contributed by atoms with Crippen LogP contribution in [0.3, 0.4) is 0 Å². The fourth-order valence-corrected chi connectivity index (χ4v) is 0.458. The van der Waals surface area contributed by atoms with E-state index in [2.05, 4.69) is 0 Å². The zero-order valence-electron chi connectivity index (χ0n) is 6.54. The normalized spacial score (nSPS) is 17.3. The van der Waals surface area contributed by atoms with Gasteiger partial charge in [0.25, 0.3) is 0 Å². The van der Waals surface area contributed by atoms with Gasteiger partial charge in [-0.3, -0.25) is 0 Å². The molecule has 12 heavy (non-hydrogen) atoms. The van der Waals surface area contributed by atoms with Gasteiger partial charge in [-0.05, 0) is 0 Å². The second kappa shape index (κ2) is 7.36. The molecule has 0 aromatic heterocycles. The second-order valence-corrected chi connectivity index (χ2v) is 2.00. The number of hydrogen-bond acceptors (Lipinski definition) is 6. The molecule has 0 amide bonds. The first-order valence-electron chi connectivity index (χ1n) is 2.86. The second-order valence-electron chi connectivity index (χ2n) is 2.00. The van der Waals surface area contributed by atoms with Crippen molar-refractivity contribution in [1.82, 2.24) is 0 Å². The minimum absolute atomic E-state index is 0. The third kappa shape index (κ3) is 4.85. The van der Waals surface area contributed by atoms with Gasteiger partial charge in [-0.2, -0.15) is 0 Å². The van der Waals surface area contributed by atoms with Gasteiger partial charge in [0, 0.05) is 0 Å². The van der Waals surface area contributed by atoms with E-state index in [-0.39, 0.29) is 51.4 Å². The fourth-order valence-electron chi connectivity index (χ4n) is 0.458. The van der Waals surface area contributed by atoms with Crippen molar-refractivity contribution in [2.24, 2.45) is 0 Å². The Kier molecular flexibility index (Phi) is 9.46. The van der Waals surface area contributed by atoms with Crippen LogP contribution in [0.5, 0.6) is 0 Å². The summed E-state index contributed by atoms with van der Waals surface area (Å²) in [6.07, 6.45) is -5.79. The van der Waals surface area contributed by atoms with Gasteiger partial charge in [-0.15, -0.1) is 0 Å². The Hall–Kier alpha value is 0.946. The third-order valence-corrected chi connectivity index (χ3v) is 1.15. The molecule has 0 aliphatic rings. The van der Waals surface area contributed by atoms with Crippen molar-refractivity contribution in [3.63, 3.8) is 0 Å². The molecule has 0 radical (unpaired) electrons. The van der Waals surface area contributed by atoms with Crippen LogP contribution in [0.15, 0.2) is 0 Å². The molecule has 0 spiro atoms. The number of carboxylic acids is 1. The van der Waals surface area contributed by atoms with Crippen LogP contribution < -0.4 is 56.5 Å². The zero-order valence-corrected chi connectivity index (χ0v) is 9.67. The molecule has 0 aliphatic carbocycles. The molecule has 7 heteroatoms. The molecule has 0 heterocycles. The first-order valence-corrected chi connectivity index (χ1v) is 2.86. The van der Waals surface area contributed by atoms with Crippen molar-refractivity contribution >= 4 is 5.97 Å². The van der Waals surface area contributed by atoms with E-state index in [1.165, 1.54) is 0 Å². The van der Waals surface area contributed by atoms with Gasteiger partial charge in [0.1, 0.15) is 18.3 Å².